The molecule has 0 spiro atoms. The molecule has 1 aromatic heterocycles. The molecule has 0 saturated carbocycles. The van der Waals surface area contributed by atoms with Crippen LogP contribution in [-0.4, -0.2) is 17.0 Å². The Morgan fingerprint density at radius 2 is 2.00 bits per heavy atom. The van der Waals surface area contributed by atoms with Crippen molar-refractivity contribution in [3.05, 3.63) is 76.1 Å². The second-order valence-corrected chi connectivity index (χ2v) is 4.91. The molecule has 0 fully saturated rings. The van der Waals surface area contributed by atoms with Crippen molar-refractivity contribution in [3.8, 4) is 5.75 Å². The molecule has 3 rings (SSSR count). The van der Waals surface area contributed by atoms with Crippen molar-refractivity contribution in [3.63, 3.8) is 0 Å². The molecule has 1 heterocycles. The van der Waals surface area contributed by atoms with Gasteiger partial charge in [-0.15, -0.1) is 0 Å². The summed E-state index contributed by atoms with van der Waals surface area (Å²) in [6, 6.07) is 14.7. The third-order valence-corrected chi connectivity index (χ3v) is 3.60. The number of hydrogen-bond acceptors (Lipinski definition) is 4. The van der Waals surface area contributed by atoms with Crippen LogP contribution in [0.5, 0.6) is 5.75 Å². The maximum Gasteiger partial charge on any atom is 0.276 e. The topological polar surface area (TPSA) is 65.3 Å². The normalized spacial score (nSPS) is 10.6. The van der Waals surface area contributed by atoms with Crippen LogP contribution in [0.25, 0.3) is 10.8 Å². The van der Waals surface area contributed by atoms with E-state index in [2.05, 4.69) is 4.98 Å². The molecule has 0 N–H and O–H groups in total. The molecule has 5 heteroatoms. The van der Waals surface area contributed by atoms with Gasteiger partial charge in [0.05, 0.1) is 23.8 Å². The van der Waals surface area contributed by atoms with Crippen LogP contribution in [0.4, 0.5) is 5.69 Å². The highest BCUT2D eigenvalue weighted by molar-refractivity contribution is 5.84. The monoisotopic (exact) mass is 294 g/mol. The molecule has 0 atom stereocenters. The first-order valence-electron chi connectivity index (χ1n) is 6.83. The SMILES string of the molecule is COc1ccc(Cc2nccc3ccccc23)c([N+](=O)[O-])c1. The van der Waals surface area contributed by atoms with Crippen molar-refractivity contribution < 1.29 is 9.66 Å². The Labute approximate surface area is 127 Å². The van der Waals surface area contributed by atoms with Gasteiger partial charge in [-0.2, -0.15) is 0 Å². The van der Waals surface area contributed by atoms with Gasteiger partial charge in [0.2, 0.25) is 0 Å². The molecule has 0 bridgehead atoms. The fourth-order valence-electron chi connectivity index (χ4n) is 2.49. The number of rotatable bonds is 4. The number of nitro groups is 1. The smallest absolute Gasteiger partial charge is 0.276 e. The van der Waals surface area contributed by atoms with Crippen molar-refractivity contribution in [2.75, 3.05) is 7.11 Å². The summed E-state index contributed by atoms with van der Waals surface area (Å²) < 4.78 is 5.06. The summed E-state index contributed by atoms with van der Waals surface area (Å²) in [5.74, 6) is 0.473. The van der Waals surface area contributed by atoms with E-state index in [9.17, 15) is 10.1 Å². The Bertz CT molecular complexity index is 841. The fraction of sp³-hybridized carbons (Fsp3) is 0.118. The molecule has 0 radical (unpaired) electrons. The summed E-state index contributed by atoms with van der Waals surface area (Å²) >= 11 is 0. The molecule has 5 nitrogen and oxygen atoms in total. The number of hydrogen-bond donors (Lipinski definition) is 0. The Hall–Kier alpha value is -2.95. The van der Waals surface area contributed by atoms with E-state index in [-0.39, 0.29) is 10.6 Å². The van der Waals surface area contributed by atoms with Crippen molar-refractivity contribution in [2.24, 2.45) is 0 Å². The van der Waals surface area contributed by atoms with E-state index < -0.39 is 0 Å². The van der Waals surface area contributed by atoms with E-state index in [4.69, 9.17) is 4.74 Å². The van der Waals surface area contributed by atoms with Crippen molar-refractivity contribution >= 4 is 16.5 Å². The van der Waals surface area contributed by atoms with Gasteiger partial charge in [-0.25, -0.2) is 0 Å². The Morgan fingerprint density at radius 1 is 1.18 bits per heavy atom. The number of nitro benzene ring substituents is 1. The molecule has 22 heavy (non-hydrogen) atoms. The van der Waals surface area contributed by atoms with Crippen molar-refractivity contribution in [1.29, 1.82) is 0 Å². The van der Waals surface area contributed by atoms with Gasteiger partial charge in [0.25, 0.3) is 5.69 Å². The van der Waals surface area contributed by atoms with Crippen LogP contribution in [0.2, 0.25) is 0 Å². The van der Waals surface area contributed by atoms with Gasteiger partial charge in [0.15, 0.2) is 0 Å². The van der Waals surface area contributed by atoms with Crippen LogP contribution in [0.15, 0.2) is 54.7 Å². The molecule has 0 aliphatic heterocycles. The third-order valence-electron chi connectivity index (χ3n) is 3.60. The second-order valence-electron chi connectivity index (χ2n) is 4.91. The zero-order valence-corrected chi connectivity index (χ0v) is 12.0. The van der Waals surface area contributed by atoms with Gasteiger partial charge in [-0.1, -0.05) is 24.3 Å². The number of benzene rings is 2. The first-order chi connectivity index (χ1) is 10.7. The average molecular weight is 294 g/mol. The summed E-state index contributed by atoms with van der Waals surface area (Å²) in [5, 5.41) is 13.4. The van der Waals surface area contributed by atoms with Crippen LogP contribution in [-0.2, 0) is 6.42 Å². The largest absolute Gasteiger partial charge is 0.497 e. The van der Waals surface area contributed by atoms with Gasteiger partial charge < -0.3 is 4.74 Å². The minimum Gasteiger partial charge on any atom is -0.497 e. The molecule has 2 aromatic carbocycles. The zero-order chi connectivity index (χ0) is 15.5. The van der Waals surface area contributed by atoms with Crippen LogP contribution in [0.3, 0.4) is 0 Å². The summed E-state index contributed by atoms with van der Waals surface area (Å²) in [5.41, 5.74) is 1.50. The first-order valence-corrected chi connectivity index (χ1v) is 6.83. The molecule has 3 aromatic rings. The molecule has 0 amide bonds. The molecular formula is C17H14N2O3. The highest BCUT2D eigenvalue weighted by atomic mass is 16.6. The van der Waals surface area contributed by atoms with E-state index in [1.165, 1.54) is 13.2 Å². The van der Waals surface area contributed by atoms with Crippen molar-refractivity contribution in [2.45, 2.75) is 6.42 Å². The summed E-state index contributed by atoms with van der Waals surface area (Å²) in [6.07, 6.45) is 2.13. The number of nitrogens with zero attached hydrogens (tertiary/aromatic N) is 2. The van der Waals surface area contributed by atoms with E-state index in [1.54, 1.807) is 18.3 Å². The predicted molar refractivity (Wildman–Crippen MR) is 84.2 cm³/mol. The molecule has 0 aliphatic rings. The van der Waals surface area contributed by atoms with Crippen LogP contribution >= 0.6 is 0 Å². The van der Waals surface area contributed by atoms with Gasteiger partial charge in [-0.05, 0) is 23.6 Å². The predicted octanol–water partition coefficient (Wildman–Crippen LogP) is 3.74. The van der Waals surface area contributed by atoms with Crippen LogP contribution in [0, 0.1) is 10.1 Å². The lowest BCUT2D eigenvalue weighted by molar-refractivity contribution is -0.385. The van der Waals surface area contributed by atoms with E-state index in [1.807, 2.05) is 30.3 Å². The number of pyridine rings is 1. The quantitative estimate of drug-likeness (QED) is 0.543. The highest BCUT2D eigenvalue weighted by Crippen LogP contribution is 2.28. The Balaban J connectivity index is 2.07. The number of methoxy groups -OCH3 is 1. The lowest BCUT2D eigenvalue weighted by atomic mass is 10.0. The Morgan fingerprint density at radius 3 is 2.77 bits per heavy atom. The molecule has 110 valence electrons. The summed E-state index contributed by atoms with van der Waals surface area (Å²) in [4.78, 5) is 15.3. The maximum absolute atomic E-state index is 11.3. The van der Waals surface area contributed by atoms with Crippen molar-refractivity contribution in [1.82, 2.24) is 4.98 Å². The fourth-order valence-corrected chi connectivity index (χ4v) is 2.49. The third kappa shape index (κ3) is 2.61. The van der Waals surface area contributed by atoms with Gasteiger partial charge in [-0.3, -0.25) is 15.1 Å². The minimum atomic E-state index is -0.386. The lowest BCUT2D eigenvalue weighted by Crippen LogP contribution is -1.99. The second kappa shape index (κ2) is 5.81. The average Bonchev–Trinajstić information content (AvgIpc) is 2.55. The van der Waals surface area contributed by atoms with Crippen LogP contribution in [0.1, 0.15) is 11.3 Å². The molecular weight excluding hydrogens is 280 g/mol. The van der Waals surface area contributed by atoms with Crippen LogP contribution < -0.4 is 4.74 Å². The maximum atomic E-state index is 11.3. The lowest BCUT2D eigenvalue weighted by Gasteiger charge is -2.07. The number of aromatic nitrogens is 1. The standard InChI is InChI=1S/C17H14N2O3/c1-22-14-7-6-13(17(11-14)19(20)21)10-16-15-5-3-2-4-12(15)8-9-18-16/h2-9,11H,10H2,1H3. The number of ether oxygens (including phenoxy) is 1. The number of fused-ring (bicyclic) bond motifs is 1. The molecule has 0 unspecified atom stereocenters. The highest BCUT2D eigenvalue weighted by Gasteiger charge is 2.16. The molecule has 0 aliphatic carbocycles. The first kappa shape index (κ1) is 14.0. The van der Waals surface area contributed by atoms with Gasteiger partial charge in [0, 0.05) is 23.6 Å². The summed E-state index contributed by atoms with van der Waals surface area (Å²) in [6.45, 7) is 0. The van der Waals surface area contributed by atoms with Gasteiger partial charge >= 0.3 is 0 Å². The summed E-state index contributed by atoms with van der Waals surface area (Å²) in [7, 11) is 1.49. The zero-order valence-electron chi connectivity index (χ0n) is 12.0. The Kier molecular flexibility index (Phi) is 3.70. The minimum absolute atomic E-state index is 0.0501. The van der Waals surface area contributed by atoms with E-state index in [0.717, 1.165) is 16.5 Å². The van der Waals surface area contributed by atoms with E-state index in [0.29, 0.717) is 17.7 Å². The molecule has 0 saturated heterocycles. The van der Waals surface area contributed by atoms with Gasteiger partial charge in [0.1, 0.15) is 5.75 Å². The van der Waals surface area contributed by atoms with E-state index >= 15 is 0 Å².